The maximum Gasteiger partial charge on any atom is 0.338 e. The Morgan fingerprint density at radius 3 is 2.32 bits per heavy atom. The fourth-order valence-electron chi connectivity index (χ4n) is 3.36. The molecule has 1 aliphatic rings. The Morgan fingerprint density at radius 1 is 1.19 bits per heavy atom. The molecule has 170 valence electrons. The second-order valence-corrected chi connectivity index (χ2v) is 8.56. The van der Waals surface area contributed by atoms with Gasteiger partial charge in [0.25, 0.3) is 0 Å². The van der Waals surface area contributed by atoms with Crippen LogP contribution in [0.4, 0.5) is 0 Å². The highest BCUT2D eigenvalue weighted by Gasteiger charge is 2.39. The van der Waals surface area contributed by atoms with Gasteiger partial charge in [-0.15, -0.1) is 0 Å². The molecule has 1 saturated heterocycles. The fourth-order valence-corrected chi connectivity index (χ4v) is 3.36. The number of carbonyl (C=O) groups is 4. The maximum atomic E-state index is 12.7. The summed E-state index contributed by atoms with van der Waals surface area (Å²) in [6.45, 7) is 6.73. The molecule has 2 N–H and O–H groups in total. The van der Waals surface area contributed by atoms with Crippen molar-refractivity contribution in [2.24, 2.45) is 0 Å². The first-order valence-corrected chi connectivity index (χ1v) is 10.1. The number of nitrogens with one attached hydrogen (secondary N) is 1. The molecule has 1 fully saturated rings. The molecule has 3 atom stereocenters. The molecule has 0 saturated carbocycles. The average molecular weight is 434 g/mol. The van der Waals surface area contributed by atoms with Crippen LogP contribution in [0.2, 0.25) is 0 Å². The van der Waals surface area contributed by atoms with Crippen molar-refractivity contribution in [3.8, 4) is 0 Å². The van der Waals surface area contributed by atoms with Gasteiger partial charge in [0.2, 0.25) is 11.8 Å². The quantitative estimate of drug-likeness (QED) is 0.636. The number of β-amino-alcohol motifs (C(OH)–C–C–N with tert-alkyl or cyclic N) is 1. The summed E-state index contributed by atoms with van der Waals surface area (Å²) in [6, 6.07) is 4.67. The van der Waals surface area contributed by atoms with E-state index < -0.39 is 41.6 Å². The van der Waals surface area contributed by atoms with E-state index >= 15 is 0 Å². The van der Waals surface area contributed by atoms with Crippen LogP contribution in [0.5, 0.6) is 0 Å². The van der Waals surface area contributed by atoms with Crippen LogP contribution in [-0.4, -0.2) is 71.2 Å². The lowest BCUT2D eigenvalue weighted by molar-refractivity contribution is -0.146. The van der Waals surface area contributed by atoms with Crippen molar-refractivity contribution in [2.75, 3.05) is 13.7 Å². The predicted octanol–water partition coefficient (Wildman–Crippen LogP) is 0.824. The SMILES string of the molecule is COC(=O)[C@H](Cc1ccc(C(=O)OC(C)(C)C)cc1)NC(=O)[C@@H]1C[C@@H](O)CN1C(C)=O. The van der Waals surface area contributed by atoms with Crippen LogP contribution in [-0.2, 0) is 30.3 Å². The number of esters is 2. The molecule has 2 amide bonds. The zero-order valence-electron chi connectivity index (χ0n) is 18.5. The molecule has 1 heterocycles. The van der Waals surface area contributed by atoms with Crippen molar-refractivity contribution >= 4 is 23.8 Å². The summed E-state index contributed by atoms with van der Waals surface area (Å²) < 4.78 is 10.1. The van der Waals surface area contributed by atoms with Crippen LogP contribution in [0.15, 0.2) is 24.3 Å². The Kier molecular flexibility index (Phi) is 7.78. The molecule has 1 aliphatic heterocycles. The Labute approximate surface area is 181 Å². The second kappa shape index (κ2) is 9.91. The molecule has 0 aromatic heterocycles. The summed E-state index contributed by atoms with van der Waals surface area (Å²) in [6.07, 6.45) is -0.566. The van der Waals surface area contributed by atoms with Gasteiger partial charge >= 0.3 is 11.9 Å². The largest absolute Gasteiger partial charge is 0.467 e. The highest BCUT2D eigenvalue weighted by molar-refractivity contribution is 5.91. The Bertz CT molecular complexity index is 829. The molecular weight excluding hydrogens is 404 g/mol. The van der Waals surface area contributed by atoms with E-state index in [0.29, 0.717) is 11.1 Å². The number of hydrogen-bond donors (Lipinski definition) is 2. The topological polar surface area (TPSA) is 122 Å². The van der Waals surface area contributed by atoms with E-state index in [4.69, 9.17) is 9.47 Å². The van der Waals surface area contributed by atoms with Crippen LogP contribution in [0, 0.1) is 0 Å². The van der Waals surface area contributed by atoms with Gasteiger partial charge in [0.1, 0.15) is 17.7 Å². The number of ether oxygens (including phenoxy) is 2. The first-order valence-electron chi connectivity index (χ1n) is 10.1. The zero-order valence-corrected chi connectivity index (χ0v) is 18.5. The molecule has 1 aromatic rings. The highest BCUT2D eigenvalue weighted by atomic mass is 16.6. The number of rotatable bonds is 6. The van der Waals surface area contributed by atoms with E-state index in [-0.39, 0.29) is 25.3 Å². The van der Waals surface area contributed by atoms with Gasteiger partial charge in [0.15, 0.2) is 0 Å². The van der Waals surface area contributed by atoms with E-state index in [9.17, 15) is 24.3 Å². The third-order valence-corrected chi connectivity index (χ3v) is 4.82. The van der Waals surface area contributed by atoms with E-state index in [2.05, 4.69) is 5.32 Å². The zero-order chi connectivity index (χ0) is 23.3. The number of carbonyl (C=O) groups excluding carboxylic acids is 4. The van der Waals surface area contributed by atoms with Gasteiger partial charge in [-0.05, 0) is 38.5 Å². The van der Waals surface area contributed by atoms with Gasteiger partial charge in [-0.25, -0.2) is 9.59 Å². The second-order valence-electron chi connectivity index (χ2n) is 8.56. The first kappa shape index (κ1) is 24.3. The van der Waals surface area contributed by atoms with Crippen molar-refractivity contribution in [1.29, 1.82) is 0 Å². The lowest BCUT2D eigenvalue weighted by Gasteiger charge is -2.24. The minimum atomic E-state index is -0.989. The van der Waals surface area contributed by atoms with E-state index in [1.165, 1.54) is 18.9 Å². The van der Waals surface area contributed by atoms with Gasteiger partial charge < -0.3 is 24.8 Å². The van der Waals surface area contributed by atoms with E-state index in [0.717, 1.165) is 0 Å². The third kappa shape index (κ3) is 6.78. The molecule has 2 rings (SSSR count). The molecule has 0 aliphatic carbocycles. The molecule has 0 unspecified atom stereocenters. The molecule has 1 aromatic carbocycles. The number of amides is 2. The number of hydrogen-bond acceptors (Lipinski definition) is 7. The number of likely N-dealkylation sites (tertiary alicyclic amines) is 1. The summed E-state index contributed by atoms with van der Waals surface area (Å²) in [5.41, 5.74) is 0.449. The number of benzene rings is 1. The molecule has 9 nitrogen and oxygen atoms in total. The van der Waals surface area contributed by atoms with Crippen molar-refractivity contribution in [2.45, 2.75) is 64.3 Å². The van der Waals surface area contributed by atoms with Crippen LogP contribution >= 0.6 is 0 Å². The predicted molar refractivity (Wildman–Crippen MR) is 111 cm³/mol. The summed E-state index contributed by atoms with van der Waals surface area (Å²) in [5.74, 6) is -1.96. The smallest absolute Gasteiger partial charge is 0.338 e. The lowest BCUT2D eigenvalue weighted by Crippen LogP contribution is -2.51. The van der Waals surface area contributed by atoms with Gasteiger partial charge in [-0.1, -0.05) is 12.1 Å². The normalized spacial score (nSPS) is 19.5. The van der Waals surface area contributed by atoms with Crippen molar-refractivity contribution in [1.82, 2.24) is 10.2 Å². The van der Waals surface area contributed by atoms with Crippen LogP contribution in [0.3, 0.4) is 0 Å². The fraction of sp³-hybridized carbons (Fsp3) is 0.545. The first-order chi connectivity index (χ1) is 14.4. The van der Waals surface area contributed by atoms with Crippen LogP contribution in [0.25, 0.3) is 0 Å². The van der Waals surface area contributed by atoms with E-state index in [1.807, 2.05) is 0 Å². The maximum absolute atomic E-state index is 12.7. The number of aliphatic hydroxyl groups excluding tert-OH is 1. The standard InChI is InChI=1S/C22H30N2O7/c1-13(25)24-12-16(26)11-18(24)19(27)23-17(21(29)30-5)10-14-6-8-15(9-7-14)20(28)31-22(2,3)4/h6-9,16-18,26H,10-12H2,1-5H3,(H,23,27)/t16-,17+,18+/m1/s1. The number of nitrogens with zero attached hydrogens (tertiary/aromatic N) is 1. The van der Waals surface area contributed by atoms with Crippen LogP contribution < -0.4 is 5.32 Å². The number of aliphatic hydroxyl groups is 1. The van der Waals surface area contributed by atoms with Gasteiger partial charge in [-0.2, -0.15) is 0 Å². The van der Waals surface area contributed by atoms with Crippen molar-refractivity contribution < 1.29 is 33.8 Å². The summed E-state index contributed by atoms with van der Waals surface area (Å²) in [4.78, 5) is 50.1. The van der Waals surface area contributed by atoms with Crippen molar-refractivity contribution in [3.63, 3.8) is 0 Å². The molecule has 0 bridgehead atoms. The monoisotopic (exact) mass is 434 g/mol. The Hall–Kier alpha value is -2.94. The van der Waals surface area contributed by atoms with Crippen LogP contribution in [0.1, 0.15) is 50.0 Å². The van der Waals surface area contributed by atoms with Crippen molar-refractivity contribution in [3.05, 3.63) is 35.4 Å². The van der Waals surface area contributed by atoms with E-state index in [1.54, 1.807) is 45.0 Å². The summed E-state index contributed by atoms with van der Waals surface area (Å²) in [7, 11) is 1.22. The highest BCUT2D eigenvalue weighted by Crippen LogP contribution is 2.19. The Balaban J connectivity index is 2.10. The number of methoxy groups -OCH3 is 1. The molecular formula is C22H30N2O7. The minimum Gasteiger partial charge on any atom is -0.467 e. The van der Waals surface area contributed by atoms with Gasteiger partial charge in [-0.3, -0.25) is 9.59 Å². The lowest BCUT2D eigenvalue weighted by atomic mass is 10.0. The summed E-state index contributed by atoms with van der Waals surface area (Å²) >= 11 is 0. The molecule has 31 heavy (non-hydrogen) atoms. The molecule has 0 radical (unpaired) electrons. The molecule has 9 heteroatoms. The average Bonchev–Trinajstić information content (AvgIpc) is 3.08. The third-order valence-electron chi connectivity index (χ3n) is 4.82. The summed E-state index contributed by atoms with van der Waals surface area (Å²) in [5, 5.41) is 12.5. The van der Waals surface area contributed by atoms with Gasteiger partial charge in [0, 0.05) is 26.3 Å². The van der Waals surface area contributed by atoms with Gasteiger partial charge in [0.05, 0.1) is 18.8 Å². The molecule has 0 spiro atoms. The Morgan fingerprint density at radius 2 is 1.81 bits per heavy atom. The minimum absolute atomic E-state index is 0.0719.